The van der Waals surface area contributed by atoms with Gasteiger partial charge in [0.25, 0.3) is 0 Å². The molecule has 1 fully saturated rings. The molecule has 2 heteroatoms. The van der Waals surface area contributed by atoms with Crippen molar-refractivity contribution >= 4 is 0 Å². The average Bonchev–Trinajstić information content (AvgIpc) is 1.79. The quantitative estimate of drug-likeness (QED) is 0.381. The van der Waals surface area contributed by atoms with Gasteiger partial charge in [0, 0.05) is 0 Å². The number of aliphatic hydroxyl groups is 1. The predicted molar refractivity (Wildman–Crippen MR) is 17.3 cm³/mol. The van der Waals surface area contributed by atoms with Gasteiger partial charge in [0.2, 0.25) is 0 Å². The van der Waals surface area contributed by atoms with E-state index >= 15 is 0 Å². The zero-order chi connectivity index (χ0) is 3.86. The van der Waals surface area contributed by atoms with Gasteiger partial charge >= 0.3 is 0 Å². The summed E-state index contributed by atoms with van der Waals surface area (Å²) in [6.07, 6.45) is -0.519. The Bertz CT molecular complexity index is 69.3. The lowest BCUT2D eigenvalue weighted by molar-refractivity contribution is 0.278. The lowest BCUT2D eigenvalue weighted by atomic mass is 10.7. The number of rotatable bonds is 0. The second-order valence-electron chi connectivity index (χ2n) is 0.994. The molecule has 0 saturated carbocycles. The molecule has 0 aromatic rings. The first-order chi connectivity index (χ1) is 2.30. The minimum Gasteiger partial charge on any atom is -0.367 e. The van der Waals surface area contributed by atoms with Crippen LogP contribution in [0.3, 0.4) is 0 Å². The minimum absolute atomic E-state index is 0.519. The largest absolute Gasteiger partial charge is 0.367 e. The maximum absolute atomic E-state index is 8.17. The summed E-state index contributed by atoms with van der Waals surface area (Å²) < 4.78 is 0. The molecule has 0 bridgehead atoms. The molecular weight excluding hydrogens is 66.0 g/mol. The van der Waals surface area contributed by atoms with Gasteiger partial charge < -0.3 is 5.11 Å². The summed E-state index contributed by atoms with van der Waals surface area (Å²) >= 11 is 0. The third-order valence-electron chi connectivity index (χ3n) is 0.518. The summed E-state index contributed by atoms with van der Waals surface area (Å²) in [5, 5.41) is 11.6. The molecule has 1 rings (SSSR count). The van der Waals surface area contributed by atoms with E-state index in [1.54, 1.807) is 0 Å². The molecule has 1 saturated heterocycles. The van der Waals surface area contributed by atoms with Crippen LogP contribution in [0.5, 0.6) is 0 Å². The Morgan fingerprint density at radius 1 is 2.00 bits per heavy atom. The van der Waals surface area contributed by atoms with Gasteiger partial charge in [-0.25, -0.2) is 5.32 Å². The number of aliphatic hydroxyl groups excluding tert-OH is 1. The minimum atomic E-state index is -0.519. The normalized spacial score (nSPS) is 33.0. The van der Waals surface area contributed by atoms with E-state index in [-0.39, 0.29) is 0 Å². The summed E-state index contributed by atoms with van der Waals surface area (Å²) in [5.41, 5.74) is 0.602. The molecule has 1 heterocycles. The maximum atomic E-state index is 8.17. The van der Waals surface area contributed by atoms with E-state index < -0.39 is 6.23 Å². The Labute approximate surface area is 30.1 Å². The van der Waals surface area contributed by atoms with Crippen molar-refractivity contribution in [2.24, 2.45) is 0 Å². The molecule has 5 heavy (non-hydrogen) atoms. The van der Waals surface area contributed by atoms with E-state index in [1.807, 2.05) is 0 Å². The fourth-order valence-corrected chi connectivity index (χ4v) is 0.120. The van der Waals surface area contributed by atoms with Crippen LogP contribution in [0.25, 0.3) is 0 Å². The van der Waals surface area contributed by atoms with Gasteiger partial charge in [-0.05, 0) is 0 Å². The topological polar surface area (TPSA) is 34.3 Å². The molecule has 0 amide bonds. The Morgan fingerprint density at radius 2 is 2.20 bits per heavy atom. The van der Waals surface area contributed by atoms with Crippen LogP contribution < -0.4 is 5.32 Å². The third kappa shape index (κ3) is 0.260. The molecule has 1 N–H and O–H groups in total. The highest BCUT2D eigenvalue weighted by Gasteiger charge is 2.24. The van der Waals surface area contributed by atoms with Crippen LogP contribution in [-0.2, 0) is 0 Å². The molecule has 0 aliphatic carbocycles. The Morgan fingerprint density at radius 3 is 2.20 bits per heavy atom. The van der Waals surface area contributed by atoms with Crippen LogP contribution in [0.1, 0.15) is 0 Å². The lowest BCUT2D eigenvalue weighted by Gasteiger charge is -1.54. The molecule has 0 aromatic heterocycles. The van der Waals surface area contributed by atoms with Crippen LogP contribution in [0, 0.1) is 0 Å². The smallest absolute Gasteiger partial charge is 0.187 e. The summed E-state index contributed by atoms with van der Waals surface area (Å²) in [6.45, 7) is 3.33. The van der Waals surface area contributed by atoms with E-state index in [0.29, 0.717) is 5.70 Å². The zero-order valence-electron chi connectivity index (χ0n) is 2.68. The molecule has 1 aliphatic heterocycles. The van der Waals surface area contributed by atoms with E-state index in [2.05, 4.69) is 11.9 Å². The summed E-state index contributed by atoms with van der Waals surface area (Å²) in [7, 11) is 0. The summed E-state index contributed by atoms with van der Waals surface area (Å²) in [6, 6.07) is 0. The van der Waals surface area contributed by atoms with Crippen molar-refractivity contribution in [3.05, 3.63) is 12.3 Å². The van der Waals surface area contributed by atoms with Crippen molar-refractivity contribution in [1.82, 2.24) is 5.32 Å². The van der Waals surface area contributed by atoms with Crippen LogP contribution in [0.15, 0.2) is 12.3 Å². The van der Waals surface area contributed by atoms with Crippen LogP contribution in [0.2, 0.25) is 0 Å². The predicted octanol–water partition coefficient (Wildman–Crippen LogP) is -0.564. The van der Waals surface area contributed by atoms with Crippen LogP contribution in [-0.4, -0.2) is 11.3 Å². The molecule has 0 spiro atoms. The molecule has 27 valence electrons. The second-order valence-corrected chi connectivity index (χ2v) is 0.994. The van der Waals surface area contributed by atoms with E-state index in [9.17, 15) is 0 Å². The fraction of sp³-hybridized carbons (Fsp3) is 0.333. The first kappa shape index (κ1) is 2.72. The third-order valence-corrected chi connectivity index (χ3v) is 0.518. The van der Waals surface area contributed by atoms with Crippen molar-refractivity contribution in [2.75, 3.05) is 0 Å². The van der Waals surface area contributed by atoms with E-state index in [1.165, 1.54) is 0 Å². The van der Waals surface area contributed by atoms with Gasteiger partial charge in [0.1, 0.15) is 0 Å². The van der Waals surface area contributed by atoms with Crippen molar-refractivity contribution in [1.29, 1.82) is 0 Å². The zero-order valence-corrected chi connectivity index (χ0v) is 2.68. The molecular formula is C3H4NO. The Balaban J connectivity index is 2.47. The molecule has 1 aliphatic rings. The van der Waals surface area contributed by atoms with Gasteiger partial charge in [0.05, 0.1) is 5.70 Å². The Kier molecular flexibility index (Phi) is 0.282. The van der Waals surface area contributed by atoms with Crippen molar-refractivity contribution < 1.29 is 5.11 Å². The molecule has 1 atom stereocenters. The highest BCUT2D eigenvalue weighted by molar-refractivity contribution is 5.13. The van der Waals surface area contributed by atoms with Gasteiger partial charge in [-0.15, -0.1) is 0 Å². The molecule has 1 unspecified atom stereocenters. The van der Waals surface area contributed by atoms with Gasteiger partial charge in [-0.2, -0.15) is 0 Å². The molecule has 2 nitrogen and oxygen atoms in total. The number of hydrogen-bond acceptors (Lipinski definition) is 1. The first-order valence-electron chi connectivity index (χ1n) is 1.38. The van der Waals surface area contributed by atoms with E-state index in [4.69, 9.17) is 5.11 Å². The summed E-state index contributed by atoms with van der Waals surface area (Å²) in [5.74, 6) is 0. The lowest BCUT2D eigenvalue weighted by Crippen LogP contribution is -1.74. The van der Waals surface area contributed by atoms with Gasteiger partial charge in [-0.3, -0.25) is 0 Å². The van der Waals surface area contributed by atoms with Crippen LogP contribution >= 0.6 is 0 Å². The average molecular weight is 70.1 g/mol. The highest BCUT2D eigenvalue weighted by atomic mass is 16.3. The van der Waals surface area contributed by atoms with Crippen molar-refractivity contribution in [2.45, 2.75) is 6.23 Å². The number of hydrogen-bond donors (Lipinski definition) is 1. The second kappa shape index (κ2) is 0.518. The maximum Gasteiger partial charge on any atom is 0.187 e. The first-order valence-corrected chi connectivity index (χ1v) is 1.38. The molecule has 0 aromatic carbocycles. The Hall–Kier alpha value is -0.500. The van der Waals surface area contributed by atoms with Crippen LogP contribution in [0.4, 0.5) is 0 Å². The van der Waals surface area contributed by atoms with Gasteiger partial charge in [-0.1, -0.05) is 6.58 Å². The van der Waals surface area contributed by atoms with Crippen molar-refractivity contribution in [3.63, 3.8) is 0 Å². The number of nitrogens with zero attached hydrogens (tertiary/aromatic N) is 1. The highest BCUT2D eigenvalue weighted by Crippen LogP contribution is 2.10. The molecule has 1 radical (unpaired) electrons. The van der Waals surface area contributed by atoms with E-state index in [0.717, 1.165) is 0 Å². The standard InChI is InChI=1S/C3H4NO/c1-2-3(5)4-2/h3,5H,1H2. The summed E-state index contributed by atoms with van der Waals surface area (Å²) in [4.78, 5) is 0. The monoisotopic (exact) mass is 70.0 g/mol. The fourth-order valence-electron chi connectivity index (χ4n) is 0.120. The SMILES string of the molecule is C=C1[N]C1O. The van der Waals surface area contributed by atoms with Gasteiger partial charge in [0.15, 0.2) is 6.23 Å². The van der Waals surface area contributed by atoms with Crippen molar-refractivity contribution in [3.8, 4) is 0 Å².